The smallest absolute Gasteiger partial charge is 0.305 e. The van der Waals surface area contributed by atoms with Gasteiger partial charge in [-0.25, -0.2) is 0 Å². The zero-order valence-corrected chi connectivity index (χ0v) is 11.5. The van der Waals surface area contributed by atoms with Crippen molar-refractivity contribution in [2.24, 2.45) is 5.73 Å². The van der Waals surface area contributed by atoms with Crippen LogP contribution < -0.4 is 11.1 Å². The third-order valence-corrected chi connectivity index (χ3v) is 2.64. The molecule has 19 heavy (non-hydrogen) atoms. The molecule has 0 aromatic heterocycles. The molecule has 0 unspecified atom stereocenters. The van der Waals surface area contributed by atoms with Crippen LogP contribution >= 0.6 is 0 Å². The Morgan fingerprint density at radius 1 is 1.26 bits per heavy atom. The average molecular weight is 264 g/mol. The predicted octanol–water partition coefficient (Wildman–Crippen LogP) is 1.47. The van der Waals surface area contributed by atoms with Crippen LogP contribution in [0.4, 0.5) is 5.69 Å². The van der Waals surface area contributed by atoms with Crippen LogP contribution in [0, 0.1) is 0 Å². The molecule has 5 nitrogen and oxygen atoms in total. The van der Waals surface area contributed by atoms with E-state index >= 15 is 0 Å². The van der Waals surface area contributed by atoms with E-state index in [1.807, 2.05) is 12.1 Å². The maximum atomic E-state index is 11.7. The number of nitrogens with two attached hydrogens (primary N) is 1. The topological polar surface area (TPSA) is 81.4 Å². The molecular formula is C14H20N2O3. The van der Waals surface area contributed by atoms with Gasteiger partial charge in [0.25, 0.3) is 0 Å². The van der Waals surface area contributed by atoms with E-state index in [0.29, 0.717) is 18.5 Å². The molecule has 0 fully saturated rings. The molecular weight excluding hydrogens is 244 g/mol. The zero-order chi connectivity index (χ0) is 14.5. The van der Waals surface area contributed by atoms with Crippen molar-refractivity contribution < 1.29 is 14.3 Å². The summed E-state index contributed by atoms with van der Waals surface area (Å²) >= 11 is 0. The predicted molar refractivity (Wildman–Crippen MR) is 73.7 cm³/mol. The normalized spacial score (nSPS) is 10.9. The van der Waals surface area contributed by atoms with Crippen molar-refractivity contribution in [3.8, 4) is 0 Å². The van der Waals surface area contributed by atoms with Gasteiger partial charge in [-0.3, -0.25) is 9.59 Å². The van der Waals surface area contributed by atoms with Gasteiger partial charge >= 0.3 is 5.97 Å². The van der Waals surface area contributed by atoms with Crippen molar-refractivity contribution in [3.63, 3.8) is 0 Å². The van der Waals surface area contributed by atoms with Crippen LogP contribution in [0.5, 0.6) is 0 Å². The van der Waals surface area contributed by atoms with Gasteiger partial charge in [-0.15, -0.1) is 0 Å². The van der Waals surface area contributed by atoms with E-state index < -0.39 is 5.54 Å². The molecule has 0 spiro atoms. The molecule has 5 heteroatoms. The summed E-state index contributed by atoms with van der Waals surface area (Å²) in [4.78, 5) is 22.7. The summed E-state index contributed by atoms with van der Waals surface area (Å²) in [7, 11) is 1.37. The van der Waals surface area contributed by atoms with Gasteiger partial charge in [0.05, 0.1) is 12.6 Å². The number of nitrogens with one attached hydrogen (secondary N) is 1. The highest BCUT2D eigenvalue weighted by molar-refractivity contribution is 5.97. The molecule has 1 amide bonds. The molecule has 0 heterocycles. The maximum absolute atomic E-state index is 11.7. The lowest BCUT2D eigenvalue weighted by Crippen LogP contribution is -2.45. The summed E-state index contributed by atoms with van der Waals surface area (Å²) in [6, 6.07) is 7.30. The van der Waals surface area contributed by atoms with Crippen LogP contribution in [0.3, 0.4) is 0 Å². The third-order valence-electron chi connectivity index (χ3n) is 2.64. The molecule has 0 aliphatic rings. The van der Waals surface area contributed by atoms with Crippen molar-refractivity contribution in [2.45, 2.75) is 32.2 Å². The maximum Gasteiger partial charge on any atom is 0.305 e. The van der Waals surface area contributed by atoms with Gasteiger partial charge < -0.3 is 15.8 Å². The van der Waals surface area contributed by atoms with Crippen molar-refractivity contribution in [1.29, 1.82) is 0 Å². The summed E-state index contributed by atoms with van der Waals surface area (Å²) < 4.78 is 4.58. The molecule has 0 saturated carbocycles. The number of carbonyl (C=O) groups excluding carboxylic acids is 2. The van der Waals surface area contributed by atoms with E-state index in [-0.39, 0.29) is 11.9 Å². The number of amides is 1. The largest absolute Gasteiger partial charge is 0.469 e. The van der Waals surface area contributed by atoms with Crippen LogP contribution in [0.1, 0.15) is 25.8 Å². The number of esters is 1. The highest BCUT2D eigenvalue weighted by atomic mass is 16.5. The van der Waals surface area contributed by atoms with E-state index in [4.69, 9.17) is 5.73 Å². The summed E-state index contributed by atoms with van der Waals surface area (Å²) in [5.74, 6) is -0.475. The van der Waals surface area contributed by atoms with Gasteiger partial charge in [0.1, 0.15) is 0 Å². The van der Waals surface area contributed by atoms with Gasteiger partial charge in [-0.1, -0.05) is 12.1 Å². The number of hydrogen-bond donors (Lipinski definition) is 2. The van der Waals surface area contributed by atoms with Crippen molar-refractivity contribution in [3.05, 3.63) is 29.8 Å². The Labute approximate surface area is 113 Å². The molecule has 0 aliphatic heterocycles. The molecule has 1 aromatic carbocycles. The van der Waals surface area contributed by atoms with E-state index in [9.17, 15) is 9.59 Å². The molecule has 1 aromatic rings. The van der Waals surface area contributed by atoms with Crippen molar-refractivity contribution in [2.75, 3.05) is 12.4 Å². The summed E-state index contributed by atoms with van der Waals surface area (Å²) in [5.41, 5.74) is 6.47. The second-order valence-electron chi connectivity index (χ2n) is 4.95. The van der Waals surface area contributed by atoms with Gasteiger partial charge in [-0.2, -0.15) is 0 Å². The van der Waals surface area contributed by atoms with E-state index in [0.717, 1.165) is 5.56 Å². The Morgan fingerprint density at radius 3 is 2.32 bits per heavy atom. The number of methoxy groups -OCH3 is 1. The molecule has 0 aliphatic carbocycles. The Balaban J connectivity index is 2.57. The van der Waals surface area contributed by atoms with Crippen LogP contribution in [0.25, 0.3) is 0 Å². The molecule has 3 N–H and O–H groups in total. The quantitative estimate of drug-likeness (QED) is 0.789. The number of rotatable bonds is 5. The van der Waals surface area contributed by atoms with Gasteiger partial charge in [0.15, 0.2) is 0 Å². The monoisotopic (exact) mass is 264 g/mol. The third kappa shape index (κ3) is 5.09. The lowest BCUT2D eigenvalue weighted by atomic mass is 10.1. The fourth-order valence-corrected chi connectivity index (χ4v) is 1.40. The molecule has 104 valence electrons. The van der Waals surface area contributed by atoms with E-state index in [1.54, 1.807) is 26.0 Å². The number of anilines is 1. The highest BCUT2D eigenvalue weighted by Crippen LogP contribution is 2.13. The first-order valence-electron chi connectivity index (χ1n) is 6.09. The standard InChI is InChI=1S/C14H20N2O3/c1-14(2,15)13(18)16-11-7-4-10(5-8-11)6-9-12(17)19-3/h4-5,7-8H,6,9,15H2,1-3H3,(H,16,18). The number of benzene rings is 1. The summed E-state index contributed by atoms with van der Waals surface area (Å²) in [6.45, 7) is 3.29. The van der Waals surface area contributed by atoms with Crippen LogP contribution in [-0.4, -0.2) is 24.5 Å². The number of hydrogen-bond acceptors (Lipinski definition) is 4. The van der Waals surface area contributed by atoms with Crippen LogP contribution in [0.2, 0.25) is 0 Å². The van der Waals surface area contributed by atoms with Crippen molar-refractivity contribution >= 4 is 17.6 Å². The molecule has 0 atom stereocenters. The van der Waals surface area contributed by atoms with Gasteiger partial charge in [-0.05, 0) is 38.0 Å². The Kier molecular flexibility index (Phi) is 5.06. The Hall–Kier alpha value is -1.88. The SMILES string of the molecule is COC(=O)CCc1ccc(NC(=O)C(C)(C)N)cc1. The lowest BCUT2D eigenvalue weighted by Gasteiger charge is -2.17. The highest BCUT2D eigenvalue weighted by Gasteiger charge is 2.21. The van der Waals surface area contributed by atoms with Crippen molar-refractivity contribution in [1.82, 2.24) is 0 Å². The molecule has 0 radical (unpaired) electrons. The number of carbonyl (C=O) groups is 2. The van der Waals surface area contributed by atoms with Gasteiger partial charge in [0.2, 0.25) is 5.91 Å². The first-order valence-corrected chi connectivity index (χ1v) is 6.09. The minimum absolute atomic E-state index is 0.234. The Bertz CT molecular complexity index is 447. The fraction of sp³-hybridized carbons (Fsp3) is 0.429. The Morgan fingerprint density at radius 2 is 1.84 bits per heavy atom. The van der Waals surface area contributed by atoms with Crippen LogP contribution in [-0.2, 0) is 20.7 Å². The summed E-state index contributed by atoms with van der Waals surface area (Å²) in [6.07, 6.45) is 0.960. The first-order chi connectivity index (χ1) is 8.82. The second kappa shape index (κ2) is 6.33. The zero-order valence-electron chi connectivity index (χ0n) is 11.5. The number of ether oxygens (including phenoxy) is 1. The second-order valence-corrected chi connectivity index (χ2v) is 4.95. The fourth-order valence-electron chi connectivity index (χ4n) is 1.40. The molecule has 0 saturated heterocycles. The molecule has 0 bridgehead atoms. The average Bonchev–Trinajstić information content (AvgIpc) is 2.36. The van der Waals surface area contributed by atoms with Crippen LogP contribution in [0.15, 0.2) is 24.3 Å². The van der Waals surface area contributed by atoms with Gasteiger partial charge in [0, 0.05) is 12.1 Å². The molecule has 1 rings (SSSR count). The van der Waals surface area contributed by atoms with E-state index in [2.05, 4.69) is 10.1 Å². The first kappa shape index (κ1) is 15.2. The lowest BCUT2D eigenvalue weighted by molar-refractivity contribution is -0.140. The minimum atomic E-state index is -0.913. The minimum Gasteiger partial charge on any atom is -0.469 e. The number of aryl methyl sites for hydroxylation is 1. The summed E-state index contributed by atoms with van der Waals surface area (Å²) in [5, 5.41) is 2.73. The van der Waals surface area contributed by atoms with E-state index in [1.165, 1.54) is 7.11 Å².